The molecule has 4 aromatic rings. The third-order valence-corrected chi connectivity index (χ3v) is 5.78. The van der Waals surface area contributed by atoms with Crippen LogP contribution in [0.5, 0.6) is 5.75 Å². The Kier molecular flexibility index (Phi) is 8.86. The van der Waals surface area contributed by atoms with Gasteiger partial charge >= 0.3 is 6.16 Å². The van der Waals surface area contributed by atoms with Gasteiger partial charge < -0.3 is 20.1 Å². The summed E-state index contributed by atoms with van der Waals surface area (Å²) in [7, 11) is 0. The fraction of sp³-hybridized carbons (Fsp3) is 0.129. The van der Waals surface area contributed by atoms with Crippen LogP contribution in [0.15, 0.2) is 109 Å². The van der Waals surface area contributed by atoms with Crippen molar-refractivity contribution in [2.45, 2.75) is 19.4 Å². The summed E-state index contributed by atoms with van der Waals surface area (Å²) >= 11 is 0. The van der Waals surface area contributed by atoms with Gasteiger partial charge in [0.15, 0.2) is 0 Å². The molecule has 192 valence electrons. The molecule has 2 N–H and O–H groups in total. The van der Waals surface area contributed by atoms with Crippen LogP contribution >= 0.6 is 0 Å². The molecule has 4 aromatic carbocycles. The first-order valence-corrected chi connectivity index (χ1v) is 12.3. The van der Waals surface area contributed by atoms with Gasteiger partial charge in [0.1, 0.15) is 5.75 Å². The van der Waals surface area contributed by atoms with Crippen LogP contribution in [0, 0.1) is 0 Å². The molecule has 0 atom stereocenters. The highest BCUT2D eigenvalue weighted by Crippen LogP contribution is 2.26. The van der Waals surface area contributed by atoms with Crippen molar-refractivity contribution in [3.05, 3.63) is 131 Å². The minimum Gasteiger partial charge on any atom is -0.434 e. The van der Waals surface area contributed by atoms with Crippen molar-refractivity contribution in [2.75, 3.05) is 11.9 Å². The number of hydrogen-bond donors (Lipinski definition) is 2. The SMILES string of the molecule is CCOC(=O)Oc1ccc(C(=O)NCc2ccc(NC(=O)C(c3ccccc3)c3ccccc3)cc2)cc1. The summed E-state index contributed by atoms with van der Waals surface area (Å²) in [5.41, 5.74) is 3.80. The van der Waals surface area contributed by atoms with Gasteiger partial charge in [-0.15, -0.1) is 0 Å². The summed E-state index contributed by atoms with van der Waals surface area (Å²) in [6.45, 7) is 2.21. The van der Waals surface area contributed by atoms with E-state index in [1.165, 1.54) is 12.1 Å². The zero-order valence-corrected chi connectivity index (χ0v) is 20.9. The van der Waals surface area contributed by atoms with Crippen LogP contribution in [0.2, 0.25) is 0 Å². The maximum absolute atomic E-state index is 13.3. The Morgan fingerprint density at radius 2 is 1.32 bits per heavy atom. The molecule has 0 aliphatic heterocycles. The van der Waals surface area contributed by atoms with Crippen LogP contribution in [-0.2, 0) is 16.1 Å². The average molecular weight is 509 g/mol. The molecule has 0 fully saturated rings. The van der Waals surface area contributed by atoms with Crippen molar-refractivity contribution in [3.63, 3.8) is 0 Å². The Morgan fingerprint density at radius 3 is 1.87 bits per heavy atom. The molecule has 0 radical (unpaired) electrons. The van der Waals surface area contributed by atoms with Crippen LogP contribution < -0.4 is 15.4 Å². The summed E-state index contributed by atoms with van der Waals surface area (Å²) in [5, 5.41) is 5.87. The predicted octanol–water partition coefficient (Wildman–Crippen LogP) is 5.92. The molecule has 0 aliphatic rings. The summed E-state index contributed by atoms with van der Waals surface area (Å²) in [6, 6.07) is 32.9. The quantitative estimate of drug-likeness (QED) is 0.216. The van der Waals surface area contributed by atoms with E-state index in [2.05, 4.69) is 10.6 Å². The van der Waals surface area contributed by atoms with Gasteiger partial charge in [-0.1, -0.05) is 72.8 Å². The van der Waals surface area contributed by atoms with Gasteiger partial charge in [0, 0.05) is 17.8 Å². The summed E-state index contributed by atoms with van der Waals surface area (Å²) in [6.07, 6.45) is -0.792. The van der Waals surface area contributed by atoms with E-state index in [9.17, 15) is 14.4 Å². The van der Waals surface area contributed by atoms with Gasteiger partial charge in [-0.05, 0) is 60.0 Å². The van der Waals surface area contributed by atoms with Crippen LogP contribution in [0.1, 0.15) is 39.9 Å². The lowest BCUT2D eigenvalue weighted by molar-refractivity contribution is -0.116. The van der Waals surface area contributed by atoms with Crippen molar-refractivity contribution in [1.82, 2.24) is 5.32 Å². The van der Waals surface area contributed by atoms with E-state index in [1.807, 2.05) is 84.9 Å². The Hall–Kier alpha value is -4.91. The molecule has 0 heterocycles. The zero-order chi connectivity index (χ0) is 26.7. The first kappa shape index (κ1) is 26.2. The van der Waals surface area contributed by atoms with E-state index in [1.54, 1.807) is 19.1 Å². The van der Waals surface area contributed by atoms with Gasteiger partial charge in [-0.2, -0.15) is 0 Å². The monoisotopic (exact) mass is 508 g/mol. The number of hydrogen-bond acceptors (Lipinski definition) is 5. The minimum atomic E-state index is -0.792. The Balaban J connectivity index is 1.34. The maximum Gasteiger partial charge on any atom is 0.513 e. The van der Waals surface area contributed by atoms with Crippen LogP contribution in [0.25, 0.3) is 0 Å². The third-order valence-electron chi connectivity index (χ3n) is 5.78. The third kappa shape index (κ3) is 7.07. The topological polar surface area (TPSA) is 93.7 Å². The van der Waals surface area contributed by atoms with E-state index >= 15 is 0 Å². The second-order valence-corrected chi connectivity index (χ2v) is 8.43. The standard InChI is InChI=1S/C31H28N2O5/c1-2-37-31(36)38-27-19-15-25(16-20-27)29(34)32-21-22-13-17-26(18-14-22)33-30(35)28(23-9-5-3-6-10-23)24-11-7-4-8-12-24/h3-20,28H,2,21H2,1H3,(H,32,34)(H,33,35). The number of amides is 2. The number of rotatable bonds is 9. The molecule has 0 aliphatic carbocycles. The molecule has 2 amide bonds. The summed E-state index contributed by atoms with van der Waals surface area (Å²) < 4.78 is 9.73. The number of carbonyl (C=O) groups is 3. The molecule has 4 rings (SSSR count). The molecule has 38 heavy (non-hydrogen) atoms. The molecule has 0 saturated carbocycles. The predicted molar refractivity (Wildman–Crippen MR) is 145 cm³/mol. The number of ether oxygens (including phenoxy) is 2. The van der Waals surface area contributed by atoms with Crippen molar-refractivity contribution < 1.29 is 23.9 Å². The molecule has 0 unspecified atom stereocenters. The summed E-state index contributed by atoms with van der Waals surface area (Å²) in [4.78, 5) is 37.2. The van der Waals surface area contributed by atoms with E-state index < -0.39 is 12.1 Å². The molecule has 7 nitrogen and oxygen atoms in total. The van der Waals surface area contributed by atoms with Crippen LogP contribution in [0.3, 0.4) is 0 Å². The Labute approximate surface area is 221 Å². The van der Waals surface area contributed by atoms with Crippen molar-refractivity contribution >= 4 is 23.7 Å². The van der Waals surface area contributed by atoms with E-state index in [0.717, 1.165) is 16.7 Å². The van der Waals surface area contributed by atoms with Gasteiger partial charge in [-0.25, -0.2) is 4.79 Å². The van der Waals surface area contributed by atoms with Crippen molar-refractivity contribution in [1.29, 1.82) is 0 Å². The lowest BCUT2D eigenvalue weighted by Crippen LogP contribution is -2.23. The lowest BCUT2D eigenvalue weighted by Gasteiger charge is -2.18. The number of benzene rings is 4. The van der Waals surface area contributed by atoms with Crippen LogP contribution in [-0.4, -0.2) is 24.6 Å². The minimum absolute atomic E-state index is 0.126. The Bertz CT molecular complexity index is 1320. The molecule has 0 spiro atoms. The summed E-state index contributed by atoms with van der Waals surface area (Å²) in [5.74, 6) is -0.540. The zero-order valence-electron chi connectivity index (χ0n) is 20.9. The molecule has 0 aromatic heterocycles. The maximum atomic E-state index is 13.3. The highest BCUT2D eigenvalue weighted by molar-refractivity contribution is 5.98. The van der Waals surface area contributed by atoms with E-state index in [-0.39, 0.29) is 18.4 Å². The fourth-order valence-corrected chi connectivity index (χ4v) is 3.91. The van der Waals surface area contributed by atoms with Crippen molar-refractivity contribution in [2.24, 2.45) is 0 Å². The molecular formula is C31H28N2O5. The van der Waals surface area contributed by atoms with Gasteiger partial charge in [0.2, 0.25) is 5.91 Å². The lowest BCUT2D eigenvalue weighted by atomic mass is 9.90. The normalized spacial score (nSPS) is 10.5. The van der Waals surface area contributed by atoms with Crippen molar-refractivity contribution in [3.8, 4) is 5.75 Å². The molecular weight excluding hydrogens is 480 g/mol. The second kappa shape index (κ2) is 12.9. The number of nitrogens with one attached hydrogen (secondary N) is 2. The van der Waals surface area contributed by atoms with Crippen LogP contribution in [0.4, 0.5) is 10.5 Å². The molecule has 0 saturated heterocycles. The molecule has 7 heteroatoms. The highest BCUT2D eigenvalue weighted by Gasteiger charge is 2.22. The van der Waals surface area contributed by atoms with E-state index in [4.69, 9.17) is 9.47 Å². The average Bonchev–Trinajstić information content (AvgIpc) is 2.94. The first-order valence-electron chi connectivity index (χ1n) is 12.3. The second-order valence-electron chi connectivity index (χ2n) is 8.43. The first-order chi connectivity index (χ1) is 18.5. The molecule has 0 bridgehead atoms. The largest absolute Gasteiger partial charge is 0.513 e. The number of carbonyl (C=O) groups excluding carboxylic acids is 3. The van der Waals surface area contributed by atoms with Gasteiger partial charge in [0.25, 0.3) is 5.91 Å². The smallest absolute Gasteiger partial charge is 0.434 e. The highest BCUT2D eigenvalue weighted by atomic mass is 16.7. The number of anilines is 1. The fourth-order valence-electron chi connectivity index (χ4n) is 3.91. The van der Waals surface area contributed by atoms with E-state index in [0.29, 0.717) is 23.5 Å². The van der Waals surface area contributed by atoms with Gasteiger partial charge in [-0.3, -0.25) is 9.59 Å². The van der Waals surface area contributed by atoms with Gasteiger partial charge in [0.05, 0.1) is 12.5 Å². The Morgan fingerprint density at radius 1 is 0.737 bits per heavy atom.